The SMILES string of the molecule is CCCCCCCCc1ncc(-c2ccc(OCCCCC[C@@H](C)CC)cc2)cn1. The molecular formula is C27H42N2O. The van der Waals surface area contributed by atoms with Crippen LogP contribution in [0.1, 0.15) is 97.2 Å². The van der Waals surface area contributed by atoms with E-state index in [9.17, 15) is 0 Å². The highest BCUT2D eigenvalue weighted by Crippen LogP contribution is 2.22. The van der Waals surface area contributed by atoms with Crippen molar-refractivity contribution in [3.63, 3.8) is 0 Å². The maximum absolute atomic E-state index is 5.90. The van der Waals surface area contributed by atoms with Gasteiger partial charge in [0.25, 0.3) is 0 Å². The average Bonchev–Trinajstić information content (AvgIpc) is 2.79. The second-order valence-corrected chi connectivity index (χ2v) is 8.64. The Kier molecular flexibility index (Phi) is 12.2. The first-order chi connectivity index (χ1) is 14.7. The lowest BCUT2D eigenvalue weighted by Crippen LogP contribution is -1.98. The molecule has 166 valence electrons. The molecule has 30 heavy (non-hydrogen) atoms. The summed E-state index contributed by atoms with van der Waals surface area (Å²) in [4.78, 5) is 9.13. The number of hydrogen-bond donors (Lipinski definition) is 0. The lowest BCUT2D eigenvalue weighted by atomic mass is 10.0. The Balaban J connectivity index is 1.67. The minimum absolute atomic E-state index is 0.802. The lowest BCUT2D eigenvalue weighted by Gasteiger charge is -2.09. The molecule has 3 nitrogen and oxygen atoms in total. The quantitative estimate of drug-likeness (QED) is 0.263. The van der Waals surface area contributed by atoms with Crippen LogP contribution in [0.3, 0.4) is 0 Å². The molecule has 1 atom stereocenters. The van der Waals surface area contributed by atoms with Gasteiger partial charge in [0.1, 0.15) is 11.6 Å². The fraction of sp³-hybridized carbons (Fsp3) is 0.630. The van der Waals surface area contributed by atoms with E-state index in [4.69, 9.17) is 4.74 Å². The summed E-state index contributed by atoms with van der Waals surface area (Å²) in [5.41, 5.74) is 2.21. The van der Waals surface area contributed by atoms with E-state index in [-0.39, 0.29) is 0 Å². The van der Waals surface area contributed by atoms with Crippen LogP contribution in [0.25, 0.3) is 11.1 Å². The summed E-state index contributed by atoms with van der Waals surface area (Å²) in [7, 11) is 0. The predicted octanol–water partition coefficient (Wildman–Crippen LogP) is 8.03. The normalized spacial score (nSPS) is 12.1. The van der Waals surface area contributed by atoms with Crippen molar-refractivity contribution in [2.45, 2.75) is 97.8 Å². The van der Waals surface area contributed by atoms with Crippen LogP contribution in [-0.2, 0) is 6.42 Å². The molecular weight excluding hydrogens is 368 g/mol. The molecule has 2 aromatic rings. The standard InChI is InChI=1S/C27H42N2O/c1-4-6-7-8-9-12-15-27-28-21-25(22-29-27)24-16-18-26(19-17-24)30-20-13-10-11-14-23(3)5-2/h16-19,21-23H,4-15,20H2,1-3H3/t23-/m0/s1. The fourth-order valence-electron chi connectivity index (χ4n) is 3.61. The number of aromatic nitrogens is 2. The third kappa shape index (κ3) is 9.73. The van der Waals surface area contributed by atoms with E-state index >= 15 is 0 Å². The molecule has 0 saturated carbocycles. The molecule has 0 spiro atoms. The van der Waals surface area contributed by atoms with Crippen LogP contribution in [0.4, 0.5) is 0 Å². The zero-order valence-corrected chi connectivity index (χ0v) is 19.5. The van der Waals surface area contributed by atoms with Crippen molar-refractivity contribution in [3.8, 4) is 16.9 Å². The molecule has 0 fully saturated rings. The third-order valence-corrected chi connectivity index (χ3v) is 5.95. The number of unbranched alkanes of at least 4 members (excludes halogenated alkanes) is 7. The molecule has 0 aliphatic heterocycles. The summed E-state index contributed by atoms with van der Waals surface area (Å²) in [5, 5.41) is 0. The van der Waals surface area contributed by atoms with Gasteiger partial charge in [-0.05, 0) is 36.5 Å². The number of benzene rings is 1. The van der Waals surface area contributed by atoms with E-state index in [1.54, 1.807) is 0 Å². The summed E-state index contributed by atoms with van der Waals surface area (Å²) >= 11 is 0. The van der Waals surface area contributed by atoms with E-state index in [2.05, 4.69) is 55.0 Å². The van der Waals surface area contributed by atoms with Crippen LogP contribution < -0.4 is 4.74 Å². The Hall–Kier alpha value is -1.90. The number of rotatable bonds is 16. The van der Waals surface area contributed by atoms with Crippen molar-refractivity contribution >= 4 is 0 Å². The Morgan fingerprint density at radius 2 is 1.43 bits per heavy atom. The van der Waals surface area contributed by atoms with Gasteiger partial charge in [0.15, 0.2) is 0 Å². The highest BCUT2D eigenvalue weighted by atomic mass is 16.5. The van der Waals surface area contributed by atoms with E-state index in [1.165, 1.54) is 64.2 Å². The van der Waals surface area contributed by atoms with Gasteiger partial charge in [0.2, 0.25) is 0 Å². The monoisotopic (exact) mass is 410 g/mol. The predicted molar refractivity (Wildman–Crippen MR) is 128 cm³/mol. The number of nitrogens with zero attached hydrogens (tertiary/aromatic N) is 2. The van der Waals surface area contributed by atoms with Crippen LogP contribution in [-0.4, -0.2) is 16.6 Å². The summed E-state index contributed by atoms with van der Waals surface area (Å²) < 4.78 is 5.90. The van der Waals surface area contributed by atoms with Crippen molar-refractivity contribution in [2.75, 3.05) is 6.61 Å². The van der Waals surface area contributed by atoms with Gasteiger partial charge in [-0.1, -0.05) is 90.7 Å². The maximum Gasteiger partial charge on any atom is 0.128 e. The van der Waals surface area contributed by atoms with Crippen molar-refractivity contribution in [3.05, 3.63) is 42.5 Å². The molecule has 0 radical (unpaired) electrons. The summed E-state index contributed by atoms with van der Waals surface area (Å²) in [6.07, 6.45) is 19.0. The molecule has 1 heterocycles. The fourth-order valence-corrected chi connectivity index (χ4v) is 3.61. The van der Waals surface area contributed by atoms with Crippen LogP contribution in [0, 0.1) is 5.92 Å². The van der Waals surface area contributed by atoms with E-state index in [0.717, 1.165) is 48.1 Å². The van der Waals surface area contributed by atoms with Gasteiger partial charge in [-0.15, -0.1) is 0 Å². The first kappa shape index (κ1) is 24.4. The minimum Gasteiger partial charge on any atom is -0.494 e. The van der Waals surface area contributed by atoms with Crippen LogP contribution in [0.2, 0.25) is 0 Å². The van der Waals surface area contributed by atoms with Crippen molar-refractivity contribution in [1.29, 1.82) is 0 Å². The molecule has 3 heteroatoms. The molecule has 2 rings (SSSR count). The van der Waals surface area contributed by atoms with Crippen LogP contribution in [0.5, 0.6) is 5.75 Å². The Bertz CT molecular complexity index is 666. The van der Waals surface area contributed by atoms with Gasteiger partial charge >= 0.3 is 0 Å². The van der Waals surface area contributed by atoms with Crippen molar-refractivity contribution in [1.82, 2.24) is 9.97 Å². The van der Waals surface area contributed by atoms with Gasteiger partial charge in [-0.3, -0.25) is 0 Å². The van der Waals surface area contributed by atoms with Crippen LogP contribution in [0.15, 0.2) is 36.7 Å². The summed E-state index contributed by atoms with van der Waals surface area (Å²) in [5.74, 6) is 2.76. The number of aryl methyl sites for hydroxylation is 1. The lowest BCUT2D eigenvalue weighted by molar-refractivity contribution is 0.302. The molecule has 1 aromatic heterocycles. The second kappa shape index (κ2) is 15.0. The minimum atomic E-state index is 0.802. The zero-order valence-electron chi connectivity index (χ0n) is 19.5. The van der Waals surface area contributed by atoms with E-state index < -0.39 is 0 Å². The Morgan fingerprint density at radius 3 is 2.13 bits per heavy atom. The van der Waals surface area contributed by atoms with E-state index in [0.29, 0.717) is 0 Å². The van der Waals surface area contributed by atoms with Gasteiger partial charge in [-0.25, -0.2) is 9.97 Å². The average molecular weight is 411 g/mol. The zero-order chi connectivity index (χ0) is 21.4. The van der Waals surface area contributed by atoms with Gasteiger partial charge in [0.05, 0.1) is 6.61 Å². The molecule has 0 aliphatic rings. The van der Waals surface area contributed by atoms with Gasteiger partial charge in [0, 0.05) is 24.4 Å². The van der Waals surface area contributed by atoms with E-state index in [1.807, 2.05) is 12.4 Å². The molecule has 0 aliphatic carbocycles. The van der Waals surface area contributed by atoms with Crippen molar-refractivity contribution in [2.24, 2.45) is 5.92 Å². The largest absolute Gasteiger partial charge is 0.494 e. The first-order valence-corrected chi connectivity index (χ1v) is 12.3. The van der Waals surface area contributed by atoms with Crippen molar-refractivity contribution < 1.29 is 4.74 Å². The Labute approximate surface area is 184 Å². The number of ether oxygens (including phenoxy) is 1. The van der Waals surface area contributed by atoms with Gasteiger partial charge < -0.3 is 4.74 Å². The van der Waals surface area contributed by atoms with Crippen LogP contribution >= 0.6 is 0 Å². The molecule has 0 saturated heterocycles. The smallest absolute Gasteiger partial charge is 0.128 e. The molecule has 0 bridgehead atoms. The first-order valence-electron chi connectivity index (χ1n) is 12.3. The highest BCUT2D eigenvalue weighted by Gasteiger charge is 2.03. The molecule has 0 unspecified atom stereocenters. The third-order valence-electron chi connectivity index (χ3n) is 5.95. The topological polar surface area (TPSA) is 35.0 Å². The molecule has 0 amide bonds. The Morgan fingerprint density at radius 1 is 0.767 bits per heavy atom. The van der Waals surface area contributed by atoms with Gasteiger partial charge in [-0.2, -0.15) is 0 Å². The number of hydrogen-bond acceptors (Lipinski definition) is 3. The summed E-state index contributed by atoms with van der Waals surface area (Å²) in [6.45, 7) is 7.67. The summed E-state index contributed by atoms with van der Waals surface area (Å²) in [6, 6.07) is 8.31. The second-order valence-electron chi connectivity index (χ2n) is 8.64. The molecule has 1 aromatic carbocycles. The molecule has 0 N–H and O–H groups in total. The maximum atomic E-state index is 5.90. The highest BCUT2D eigenvalue weighted by molar-refractivity contribution is 5.62.